The zero-order chi connectivity index (χ0) is 15.5. The lowest BCUT2D eigenvalue weighted by Crippen LogP contribution is -2.25. The molecule has 112 valence electrons. The number of benzene rings is 1. The molecule has 3 rings (SSSR count). The number of fused-ring (bicyclic) bond motifs is 1. The van der Waals surface area contributed by atoms with Gasteiger partial charge >= 0.3 is 0 Å². The Kier molecular flexibility index (Phi) is 3.92. The molecule has 0 radical (unpaired) electrons. The van der Waals surface area contributed by atoms with Crippen LogP contribution in [-0.4, -0.2) is 21.8 Å². The fraction of sp³-hybridized carbons (Fsp3) is 0.222. The summed E-state index contributed by atoms with van der Waals surface area (Å²) in [5, 5.41) is 2.93. The molecule has 0 atom stereocenters. The number of carbonyl (C=O) groups excluding carboxylic acids is 1. The molecule has 0 saturated heterocycles. The highest BCUT2D eigenvalue weighted by atomic mass is 16.1. The van der Waals surface area contributed by atoms with Gasteiger partial charge < -0.3 is 9.72 Å². The SMILES string of the molecule is Cc1ccc(C(=O)NCCc2cn3cc(C)ccc3n2)cc1. The highest BCUT2D eigenvalue weighted by Crippen LogP contribution is 2.08. The van der Waals surface area contributed by atoms with Crippen molar-refractivity contribution in [2.24, 2.45) is 0 Å². The van der Waals surface area contributed by atoms with Gasteiger partial charge in [-0.2, -0.15) is 0 Å². The summed E-state index contributed by atoms with van der Waals surface area (Å²) in [5.74, 6) is -0.0420. The number of amides is 1. The quantitative estimate of drug-likeness (QED) is 0.804. The molecule has 0 fully saturated rings. The van der Waals surface area contributed by atoms with Crippen LogP contribution in [0, 0.1) is 13.8 Å². The molecule has 2 aromatic heterocycles. The van der Waals surface area contributed by atoms with Gasteiger partial charge in [0.15, 0.2) is 0 Å². The number of pyridine rings is 1. The minimum atomic E-state index is -0.0420. The molecule has 3 aromatic rings. The second-order valence-corrected chi connectivity index (χ2v) is 5.58. The van der Waals surface area contributed by atoms with E-state index in [2.05, 4.69) is 23.4 Å². The molecule has 1 aromatic carbocycles. The van der Waals surface area contributed by atoms with Gasteiger partial charge in [-0.05, 0) is 37.6 Å². The lowest BCUT2D eigenvalue weighted by Gasteiger charge is -2.04. The van der Waals surface area contributed by atoms with Crippen LogP contribution in [0.2, 0.25) is 0 Å². The Bertz CT molecular complexity index is 803. The van der Waals surface area contributed by atoms with Crippen LogP contribution >= 0.6 is 0 Å². The van der Waals surface area contributed by atoms with E-state index in [0.717, 1.165) is 23.3 Å². The van der Waals surface area contributed by atoms with Gasteiger partial charge in [-0.15, -0.1) is 0 Å². The molecule has 0 aliphatic carbocycles. The number of aryl methyl sites for hydroxylation is 2. The van der Waals surface area contributed by atoms with Crippen LogP contribution in [0.4, 0.5) is 0 Å². The van der Waals surface area contributed by atoms with Gasteiger partial charge in [0.2, 0.25) is 0 Å². The van der Waals surface area contributed by atoms with Crippen LogP contribution in [0.1, 0.15) is 27.2 Å². The first-order valence-corrected chi connectivity index (χ1v) is 7.41. The van der Waals surface area contributed by atoms with Crippen molar-refractivity contribution in [2.75, 3.05) is 6.54 Å². The summed E-state index contributed by atoms with van der Waals surface area (Å²) in [6.45, 7) is 4.64. The van der Waals surface area contributed by atoms with Crippen LogP contribution in [0.15, 0.2) is 48.8 Å². The summed E-state index contributed by atoms with van der Waals surface area (Å²) in [4.78, 5) is 16.6. The van der Waals surface area contributed by atoms with E-state index < -0.39 is 0 Å². The second kappa shape index (κ2) is 6.02. The smallest absolute Gasteiger partial charge is 0.251 e. The third-order valence-corrected chi connectivity index (χ3v) is 3.63. The van der Waals surface area contributed by atoms with Crippen molar-refractivity contribution in [3.05, 3.63) is 71.2 Å². The predicted octanol–water partition coefficient (Wildman–Crippen LogP) is 2.92. The van der Waals surface area contributed by atoms with Gasteiger partial charge in [-0.1, -0.05) is 23.8 Å². The third kappa shape index (κ3) is 3.17. The fourth-order valence-corrected chi connectivity index (χ4v) is 2.39. The summed E-state index contributed by atoms with van der Waals surface area (Å²) in [5.41, 5.74) is 4.96. The number of nitrogens with zero attached hydrogens (tertiary/aromatic N) is 2. The molecule has 0 unspecified atom stereocenters. The largest absolute Gasteiger partial charge is 0.352 e. The summed E-state index contributed by atoms with van der Waals surface area (Å²) in [6, 6.07) is 11.6. The van der Waals surface area contributed by atoms with Crippen molar-refractivity contribution in [2.45, 2.75) is 20.3 Å². The van der Waals surface area contributed by atoms with Gasteiger partial charge in [0.1, 0.15) is 5.65 Å². The molecule has 0 aliphatic rings. The molecule has 0 aliphatic heterocycles. The highest BCUT2D eigenvalue weighted by Gasteiger charge is 2.06. The Labute approximate surface area is 129 Å². The zero-order valence-corrected chi connectivity index (χ0v) is 12.8. The molecular weight excluding hydrogens is 274 g/mol. The topological polar surface area (TPSA) is 46.4 Å². The minimum Gasteiger partial charge on any atom is -0.352 e. The molecule has 2 heterocycles. The van der Waals surface area contributed by atoms with Gasteiger partial charge in [-0.3, -0.25) is 4.79 Å². The van der Waals surface area contributed by atoms with Crippen molar-refractivity contribution < 1.29 is 4.79 Å². The maximum Gasteiger partial charge on any atom is 0.251 e. The van der Waals surface area contributed by atoms with Crippen molar-refractivity contribution in [1.29, 1.82) is 0 Å². The average Bonchev–Trinajstić information content (AvgIpc) is 2.89. The van der Waals surface area contributed by atoms with Crippen LogP contribution in [0.3, 0.4) is 0 Å². The molecule has 1 amide bonds. The van der Waals surface area contributed by atoms with E-state index in [4.69, 9.17) is 0 Å². The molecule has 0 spiro atoms. The maximum atomic E-state index is 12.0. The highest BCUT2D eigenvalue weighted by molar-refractivity contribution is 5.94. The molecule has 0 bridgehead atoms. The first-order valence-electron chi connectivity index (χ1n) is 7.41. The molecule has 0 saturated carbocycles. The Hall–Kier alpha value is -2.62. The van der Waals surface area contributed by atoms with Crippen molar-refractivity contribution in [3.8, 4) is 0 Å². The molecular formula is C18H19N3O. The Morgan fingerprint density at radius 3 is 2.55 bits per heavy atom. The maximum absolute atomic E-state index is 12.0. The zero-order valence-electron chi connectivity index (χ0n) is 12.8. The van der Waals surface area contributed by atoms with E-state index in [1.807, 2.05) is 53.9 Å². The molecule has 1 N–H and O–H groups in total. The van der Waals surface area contributed by atoms with E-state index in [-0.39, 0.29) is 5.91 Å². The van der Waals surface area contributed by atoms with Gasteiger partial charge in [0.05, 0.1) is 5.69 Å². The van der Waals surface area contributed by atoms with Crippen LogP contribution < -0.4 is 5.32 Å². The summed E-state index contributed by atoms with van der Waals surface area (Å²) >= 11 is 0. The summed E-state index contributed by atoms with van der Waals surface area (Å²) in [7, 11) is 0. The van der Waals surface area contributed by atoms with Gasteiger partial charge in [0.25, 0.3) is 5.91 Å². The van der Waals surface area contributed by atoms with E-state index >= 15 is 0 Å². The Morgan fingerprint density at radius 1 is 1.05 bits per heavy atom. The molecule has 4 nitrogen and oxygen atoms in total. The van der Waals surface area contributed by atoms with Gasteiger partial charge in [0, 0.05) is 30.9 Å². The number of rotatable bonds is 4. The number of hydrogen-bond donors (Lipinski definition) is 1. The van der Waals surface area contributed by atoms with E-state index in [1.165, 1.54) is 5.56 Å². The average molecular weight is 293 g/mol. The normalized spacial score (nSPS) is 10.8. The van der Waals surface area contributed by atoms with Crippen molar-refractivity contribution >= 4 is 11.6 Å². The van der Waals surface area contributed by atoms with Crippen LogP contribution in [0.25, 0.3) is 5.65 Å². The Balaban J connectivity index is 1.59. The van der Waals surface area contributed by atoms with E-state index in [1.54, 1.807) is 0 Å². The second-order valence-electron chi connectivity index (χ2n) is 5.58. The number of nitrogens with one attached hydrogen (secondary N) is 1. The summed E-state index contributed by atoms with van der Waals surface area (Å²) < 4.78 is 2.02. The van der Waals surface area contributed by atoms with Crippen LogP contribution in [0.5, 0.6) is 0 Å². The lowest BCUT2D eigenvalue weighted by molar-refractivity contribution is 0.0954. The van der Waals surface area contributed by atoms with Crippen LogP contribution in [-0.2, 0) is 6.42 Å². The number of carbonyl (C=O) groups is 1. The molecule has 22 heavy (non-hydrogen) atoms. The van der Waals surface area contributed by atoms with Gasteiger partial charge in [-0.25, -0.2) is 4.98 Å². The number of imidazole rings is 1. The van der Waals surface area contributed by atoms with Crippen molar-refractivity contribution in [3.63, 3.8) is 0 Å². The molecule has 4 heteroatoms. The third-order valence-electron chi connectivity index (χ3n) is 3.63. The first kappa shape index (κ1) is 14.3. The minimum absolute atomic E-state index is 0.0420. The first-order chi connectivity index (χ1) is 10.6. The van der Waals surface area contributed by atoms with E-state index in [0.29, 0.717) is 12.1 Å². The van der Waals surface area contributed by atoms with E-state index in [9.17, 15) is 4.79 Å². The predicted molar refractivity (Wildman–Crippen MR) is 87.1 cm³/mol. The lowest BCUT2D eigenvalue weighted by atomic mass is 10.1. The fourth-order valence-electron chi connectivity index (χ4n) is 2.39. The summed E-state index contributed by atoms with van der Waals surface area (Å²) in [6.07, 6.45) is 4.79. The standard InChI is InChI=1S/C18H19N3O/c1-13-3-6-15(7-4-13)18(22)19-10-9-16-12-21-11-14(2)5-8-17(21)20-16/h3-8,11-12H,9-10H2,1-2H3,(H,19,22). The Morgan fingerprint density at radius 2 is 1.77 bits per heavy atom. The number of hydrogen-bond acceptors (Lipinski definition) is 2. The van der Waals surface area contributed by atoms with Crippen molar-refractivity contribution in [1.82, 2.24) is 14.7 Å². The number of aromatic nitrogens is 2. The monoisotopic (exact) mass is 293 g/mol.